The van der Waals surface area contributed by atoms with Gasteiger partial charge in [0.2, 0.25) is 0 Å². The lowest BCUT2D eigenvalue weighted by molar-refractivity contribution is 0.0280. The minimum absolute atomic E-state index is 0.149. The van der Waals surface area contributed by atoms with E-state index in [1.807, 2.05) is 0 Å². The van der Waals surface area contributed by atoms with E-state index in [1.54, 1.807) is 0 Å². The fraction of sp³-hybridized carbons (Fsp3) is 0.571. The smallest absolute Gasteiger partial charge is 0.131 e. The van der Waals surface area contributed by atoms with E-state index in [-0.39, 0.29) is 5.56 Å². The topological polar surface area (TPSA) is 46.2 Å². The van der Waals surface area contributed by atoms with Gasteiger partial charge < -0.3 is 10.8 Å². The molecule has 0 spiro atoms. The summed E-state index contributed by atoms with van der Waals surface area (Å²) in [5.41, 5.74) is 5.47. The predicted molar refractivity (Wildman–Crippen MR) is 65.8 cm³/mol. The molecule has 2 rings (SSSR count). The van der Waals surface area contributed by atoms with E-state index in [4.69, 9.17) is 5.73 Å². The van der Waals surface area contributed by atoms with Crippen LogP contribution in [0, 0.1) is 23.0 Å². The van der Waals surface area contributed by atoms with Crippen LogP contribution in [0.25, 0.3) is 0 Å². The van der Waals surface area contributed by atoms with Gasteiger partial charge in [-0.15, -0.1) is 0 Å². The van der Waals surface area contributed by atoms with Crippen molar-refractivity contribution in [2.24, 2.45) is 17.1 Å². The summed E-state index contributed by atoms with van der Waals surface area (Å²) < 4.78 is 26.6. The zero-order valence-electron chi connectivity index (χ0n) is 10.5. The number of nitrogens with two attached hydrogens (primary N) is 1. The van der Waals surface area contributed by atoms with Gasteiger partial charge in [0.1, 0.15) is 11.6 Å². The van der Waals surface area contributed by atoms with Gasteiger partial charge in [-0.05, 0) is 24.8 Å². The van der Waals surface area contributed by atoms with Gasteiger partial charge in [0.25, 0.3) is 0 Å². The Morgan fingerprint density at radius 3 is 2.72 bits per heavy atom. The molecule has 0 saturated heterocycles. The lowest BCUT2D eigenvalue weighted by Crippen LogP contribution is -2.35. The Labute approximate surface area is 106 Å². The highest BCUT2D eigenvalue weighted by Gasteiger charge is 2.43. The minimum Gasteiger partial charge on any atom is -0.388 e. The van der Waals surface area contributed by atoms with E-state index in [9.17, 15) is 13.9 Å². The Bertz CT molecular complexity index is 438. The van der Waals surface area contributed by atoms with Crippen LogP contribution in [-0.4, -0.2) is 11.7 Å². The highest BCUT2D eigenvalue weighted by molar-refractivity contribution is 5.23. The van der Waals surface area contributed by atoms with Gasteiger partial charge in [-0.1, -0.05) is 19.4 Å². The summed E-state index contributed by atoms with van der Waals surface area (Å²) in [4.78, 5) is 0. The molecule has 1 saturated carbocycles. The molecule has 0 radical (unpaired) electrons. The van der Waals surface area contributed by atoms with Gasteiger partial charge in [0.15, 0.2) is 0 Å². The molecule has 1 fully saturated rings. The Morgan fingerprint density at radius 2 is 2.22 bits per heavy atom. The molecule has 1 aromatic rings. The van der Waals surface area contributed by atoms with Crippen molar-refractivity contribution in [1.29, 1.82) is 0 Å². The molecule has 2 nitrogen and oxygen atoms in total. The van der Waals surface area contributed by atoms with Crippen LogP contribution in [0.3, 0.4) is 0 Å². The summed E-state index contributed by atoms with van der Waals surface area (Å²) in [6, 6.07) is 3.29. The minimum atomic E-state index is -0.965. The van der Waals surface area contributed by atoms with E-state index in [0.29, 0.717) is 12.5 Å². The molecular weight excluding hydrogens is 236 g/mol. The first-order chi connectivity index (χ1) is 8.48. The molecule has 3 unspecified atom stereocenters. The van der Waals surface area contributed by atoms with Gasteiger partial charge in [-0.25, -0.2) is 8.78 Å². The number of benzene rings is 1. The van der Waals surface area contributed by atoms with Gasteiger partial charge in [-0.2, -0.15) is 0 Å². The first-order valence-electron chi connectivity index (χ1n) is 6.31. The molecule has 1 aromatic carbocycles. The molecule has 0 heterocycles. The molecular formula is C14H19F2NO. The molecule has 100 valence electrons. The maximum Gasteiger partial charge on any atom is 0.131 e. The maximum absolute atomic E-state index is 13.7. The van der Waals surface area contributed by atoms with E-state index < -0.39 is 23.2 Å². The standard InChI is InChI=1S/C14H19F2NO/c1-9-4-5-14(7-9,8-17)13(18)11-3-2-10(15)6-12(11)16/h2-3,6,9,13,18H,4-5,7-8,17H2,1H3. The first kappa shape index (κ1) is 13.4. The summed E-state index contributed by atoms with van der Waals surface area (Å²) in [6.45, 7) is 2.42. The number of hydrogen-bond donors (Lipinski definition) is 2. The zero-order valence-corrected chi connectivity index (χ0v) is 10.5. The Morgan fingerprint density at radius 1 is 1.50 bits per heavy atom. The second-order valence-electron chi connectivity index (χ2n) is 5.48. The van der Waals surface area contributed by atoms with Crippen LogP contribution in [-0.2, 0) is 0 Å². The molecule has 3 N–H and O–H groups in total. The second kappa shape index (κ2) is 4.94. The summed E-state index contributed by atoms with van der Waals surface area (Å²) >= 11 is 0. The van der Waals surface area contributed by atoms with Crippen molar-refractivity contribution in [2.75, 3.05) is 6.54 Å². The van der Waals surface area contributed by atoms with Crippen LogP contribution >= 0.6 is 0 Å². The highest BCUT2D eigenvalue weighted by atomic mass is 19.1. The predicted octanol–water partition coefficient (Wildman–Crippen LogP) is 2.76. The van der Waals surface area contributed by atoms with Crippen LogP contribution in [0.15, 0.2) is 18.2 Å². The molecule has 0 aliphatic heterocycles. The van der Waals surface area contributed by atoms with Crippen molar-refractivity contribution in [2.45, 2.75) is 32.3 Å². The van der Waals surface area contributed by atoms with Gasteiger partial charge in [-0.3, -0.25) is 0 Å². The van der Waals surface area contributed by atoms with Crippen LogP contribution < -0.4 is 5.73 Å². The van der Waals surface area contributed by atoms with E-state index in [0.717, 1.165) is 25.3 Å². The average Bonchev–Trinajstić information content (AvgIpc) is 2.71. The van der Waals surface area contributed by atoms with Crippen molar-refractivity contribution >= 4 is 0 Å². The SMILES string of the molecule is CC1CCC(CN)(C(O)c2ccc(F)cc2F)C1. The lowest BCUT2D eigenvalue weighted by atomic mass is 9.76. The Hall–Kier alpha value is -1.00. The Kier molecular flexibility index (Phi) is 3.69. The average molecular weight is 255 g/mol. The lowest BCUT2D eigenvalue weighted by Gasteiger charge is -2.33. The van der Waals surface area contributed by atoms with Crippen LogP contribution in [0.4, 0.5) is 8.78 Å². The number of aliphatic hydroxyl groups excluding tert-OH is 1. The van der Waals surface area contributed by atoms with Crippen molar-refractivity contribution in [3.05, 3.63) is 35.4 Å². The fourth-order valence-electron chi connectivity index (χ4n) is 3.03. The summed E-state index contributed by atoms with van der Waals surface area (Å²) in [5.74, 6) is -0.855. The van der Waals surface area contributed by atoms with Crippen molar-refractivity contribution in [3.8, 4) is 0 Å². The molecule has 3 atom stereocenters. The van der Waals surface area contributed by atoms with Gasteiger partial charge >= 0.3 is 0 Å². The van der Waals surface area contributed by atoms with Crippen molar-refractivity contribution < 1.29 is 13.9 Å². The monoisotopic (exact) mass is 255 g/mol. The van der Waals surface area contributed by atoms with Crippen LogP contribution in [0.2, 0.25) is 0 Å². The summed E-state index contributed by atoms with van der Waals surface area (Å²) in [5, 5.41) is 10.4. The third kappa shape index (κ3) is 2.27. The molecule has 0 amide bonds. The quantitative estimate of drug-likeness (QED) is 0.872. The zero-order chi connectivity index (χ0) is 13.3. The van der Waals surface area contributed by atoms with Gasteiger partial charge in [0, 0.05) is 23.6 Å². The first-order valence-corrected chi connectivity index (χ1v) is 6.31. The largest absolute Gasteiger partial charge is 0.388 e. The van der Waals surface area contributed by atoms with Crippen molar-refractivity contribution in [3.63, 3.8) is 0 Å². The fourth-order valence-corrected chi connectivity index (χ4v) is 3.03. The number of rotatable bonds is 3. The van der Waals surface area contributed by atoms with Gasteiger partial charge in [0.05, 0.1) is 6.10 Å². The molecule has 0 bridgehead atoms. The molecule has 1 aliphatic rings. The molecule has 1 aliphatic carbocycles. The van der Waals surface area contributed by atoms with Crippen molar-refractivity contribution in [1.82, 2.24) is 0 Å². The molecule has 18 heavy (non-hydrogen) atoms. The van der Waals surface area contributed by atoms with Crippen LogP contribution in [0.1, 0.15) is 37.9 Å². The second-order valence-corrected chi connectivity index (χ2v) is 5.48. The molecule has 4 heteroatoms. The third-order valence-electron chi connectivity index (χ3n) is 4.13. The number of aliphatic hydroxyl groups is 1. The van der Waals surface area contributed by atoms with E-state index in [2.05, 4.69) is 6.92 Å². The highest BCUT2D eigenvalue weighted by Crippen LogP contribution is 2.49. The summed E-state index contributed by atoms with van der Waals surface area (Å²) in [7, 11) is 0. The van der Waals surface area contributed by atoms with Crippen LogP contribution in [0.5, 0.6) is 0 Å². The third-order valence-corrected chi connectivity index (χ3v) is 4.13. The maximum atomic E-state index is 13.7. The Balaban J connectivity index is 2.32. The van der Waals surface area contributed by atoms with E-state index >= 15 is 0 Å². The number of halogens is 2. The normalized spacial score (nSPS) is 29.5. The molecule has 0 aromatic heterocycles. The van der Waals surface area contributed by atoms with E-state index in [1.165, 1.54) is 12.1 Å². The number of hydrogen-bond acceptors (Lipinski definition) is 2. The summed E-state index contributed by atoms with van der Waals surface area (Å²) in [6.07, 6.45) is 1.58.